The molecular formula is C15H23N3O2. The summed E-state index contributed by atoms with van der Waals surface area (Å²) in [7, 11) is 2.08. The van der Waals surface area contributed by atoms with Gasteiger partial charge in [-0.2, -0.15) is 0 Å². The summed E-state index contributed by atoms with van der Waals surface area (Å²) in [4.78, 5) is 16.4. The van der Waals surface area contributed by atoms with E-state index in [-0.39, 0.29) is 11.9 Å². The number of nitrogens with zero attached hydrogens (tertiary/aromatic N) is 2. The van der Waals surface area contributed by atoms with Crippen LogP contribution in [-0.4, -0.2) is 55.0 Å². The number of benzene rings is 1. The molecule has 1 aromatic rings. The van der Waals surface area contributed by atoms with Crippen LogP contribution in [-0.2, 0) is 4.79 Å². The second-order valence-electron chi connectivity index (χ2n) is 5.33. The molecule has 0 bridgehead atoms. The third-order valence-corrected chi connectivity index (χ3v) is 3.64. The maximum atomic E-state index is 12.2. The minimum atomic E-state index is 0.153. The van der Waals surface area contributed by atoms with Crippen LogP contribution in [0.1, 0.15) is 13.3 Å². The molecule has 1 fully saturated rings. The highest BCUT2D eigenvalue weighted by Gasteiger charge is 2.25. The van der Waals surface area contributed by atoms with Crippen LogP contribution in [0.5, 0.6) is 5.75 Å². The fourth-order valence-electron chi connectivity index (χ4n) is 2.51. The third kappa shape index (κ3) is 3.63. The van der Waals surface area contributed by atoms with Crippen molar-refractivity contribution in [2.45, 2.75) is 19.4 Å². The SMILES string of the molecule is CC1CN(C)CCN1C(=O)CCOc1ccccc1N. The van der Waals surface area contributed by atoms with Crippen molar-refractivity contribution in [3.05, 3.63) is 24.3 Å². The van der Waals surface area contributed by atoms with Gasteiger partial charge in [-0.3, -0.25) is 4.79 Å². The second kappa shape index (κ2) is 6.61. The molecule has 110 valence electrons. The molecule has 1 aliphatic rings. The molecule has 1 heterocycles. The van der Waals surface area contributed by atoms with Crippen LogP contribution < -0.4 is 10.5 Å². The Bertz CT molecular complexity index is 464. The first kappa shape index (κ1) is 14.7. The number of rotatable bonds is 4. The van der Waals surface area contributed by atoms with Crippen LogP contribution in [0, 0.1) is 0 Å². The molecule has 0 aliphatic carbocycles. The van der Waals surface area contributed by atoms with Gasteiger partial charge in [0, 0.05) is 25.7 Å². The van der Waals surface area contributed by atoms with Gasteiger partial charge in [0.1, 0.15) is 5.75 Å². The normalized spacial score (nSPS) is 19.9. The number of amides is 1. The highest BCUT2D eigenvalue weighted by Crippen LogP contribution is 2.20. The lowest BCUT2D eigenvalue weighted by Crippen LogP contribution is -2.52. The Morgan fingerprint density at radius 3 is 2.85 bits per heavy atom. The van der Waals surface area contributed by atoms with Crippen LogP contribution in [0.2, 0.25) is 0 Å². The first-order valence-corrected chi connectivity index (χ1v) is 7.03. The number of nitrogens with two attached hydrogens (primary N) is 1. The highest BCUT2D eigenvalue weighted by molar-refractivity contribution is 5.76. The van der Waals surface area contributed by atoms with Crippen LogP contribution in [0.25, 0.3) is 0 Å². The van der Waals surface area contributed by atoms with Gasteiger partial charge in [-0.15, -0.1) is 0 Å². The Balaban J connectivity index is 1.79. The molecule has 1 aromatic carbocycles. The number of para-hydroxylation sites is 2. The van der Waals surface area contributed by atoms with Crippen molar-refractivity contribution >= 4 is 11.6 Å². The zero-order valence-corrected chi connectivity index (χ0v) is 12.2. The monoisotopic (exact) mass is 277 g/mol. The summed E-state index contributed by atoms with van der Waals surface area (Å²) in [5.41, 5.74) is 6.40. The van der Waals surface area contributed by atoms with Crippen molar-refractivity contribution in [2.24, 2.45) is 0 Å². The van der Waals surface area contributed by atoms with Crippen LogP contribution in [0.3, 0.4) is 0 Å². The molecule has 1 unspecified atom stereocenters. The van der Waals surface area contributed by atoms with Gasteiger partial charge in [-0.1, -0.05) is 12.1 Å². The van der Waals surface area contributed by atoms with E-state index in [0.29, 0.717) is 24.5 Å². The largest absolute Gasteiger partial charge is 0.491 e. The van der Waals surface area contributed by atoms with Gasteiger partial charge in [0.05, 0.1) is 18.7 Å². The third-order valence-electron chi connectivity index (χ3n) is 3.64. The first-order chi connectivity index (χ1) is 9.58. The molecule has 0 radical (unpaired) electrons. The Morgan fingerprint density at radius 1 is 1.40 bits per heavy atom. The van der Waals surface area contributed by atoms with Crippen molar-refractivity contribution in [3.8, 4) is 5.75 Å². The molecule has 0 saturated carbocycles. The van der Waals surface area contributed by atoms with E-state index < -0.39 is 0 Å². The van der Waals surface area contributed by atoms with Gasteiger partial charge in [0.25, 0.3) is 0 Å². The average Bonchev–Trinajstić information content (AvgIpc) is 2.40. The number of nitrogen functional groups attached to an aromatic ring is 1. The van der Waals surface area contributed by atoms with Crippen LogP contribution in [0.15, 0.2) is 24.3 Å². The summed E-state index contributed by atoms with van der Waals surface area (Å²) in [6.07, 6.45) is 0.391. The highest BCUT2D eigenvalue weighted by atomic mass is 16.5. The summed E-state index contributed by atoms with van der Waals surface area (Å²) >= 11 is 0. The fraction of sp³-hybridized carbons (Fsp3) is 0.533. The predicted molar refractivity (Wildman–Crippen MR) is 79.6 cm³/mol. The van der Waals surface area contributed by atoms with Gasteiger partial charge < -0.3 is 20.3 Å². The molecule has 1 atom stereocenters. The minimum Gasteiger partial charge on any atom is -0.491 e. The van der Waals surface area contributed by atoms with E-state index in [4.69, 9.17) is 10.5 Å². The van der Waals surface area contributed by atoms with Crippen molar-refractivity contribution in [3.63, 3.8) is 0 Å². The van der Waals surface area contributed by atoms with Crippen molar-refractivity contribution in [1.29, 1.82) is 0 Å². The Labute approximate surface area is 120 Å². The summed E-state index contributed by atoms with van der Waals surface area (Å²) < 4.78 is 5.57. The molecule has 1 aliphatic heterocycles. The van der Waals surface area contributed by atoms with Gasteiger partial charge in [0.2, 0.25) is 5.91 Å². The smallest absolute Gasteiger partial charge is 0.226 e. The van der Waals surface area contributed by atoms with Crippen molar-refractivity contribution < 1.29 is 9.53 Å². The van der Waals surface area contributed by atoms with Crippen molar-refractivity contribution in [2.75, 3.05) is 39.0 Å². The minimum absolute atomic E-state index is 0.153. The first-order valence-electron chi connectivity index (χ1n) is 7.03. The molecule has 1 amide bonds. The van der Waals surface area contributed by atoms with E-state index in [0.717, 1.165) is 19.6 Å². The molecule has 0 aromatic heterocycles. The summed E-state index contributed by atoms with van der Waals surface area (Å²) in [5, 5.41) is 0. The maximum Gasteiger partial charge on any atom is 0.226 e. The molecule has 2 rings (SSSR count). The zero-order chi connectivity index (χ0) is 14.5. The Morgan fingerprint density at radius 2 is 2.15 bits per heavy atom. The maximum absolute atomic E-state index is 12.2. The van der Waals surface area contributed by atoms with E-state index in [1.807, 2.05) is 23.1 Å². The molecule has 5 heteroatoms. The van der Waals surface area contributed by atoms with E-state index in [1.54, 1.807) is 6.07 Å². The van der Waals surface area contributed by atoms with Gasteiger partial charge in [-0.05, 0) is 26.1 Å². The summed E-state index contributed by atoms with van der Waals surface area (Å²) in [6, 6.07) is 7.61. The molecule has 20 heavy (non-hydrogen) atoms. The number of anilines is 1. The molecule has 0 spiro atoms. The average molecular weight is 277 g/mol. The van der Waals surface area contributed by atoms with E-state index in [1.165, 1.54) is 0 Å². The van der Waals surface area contributed by atoms with E-state index in [2.05, 4.69) is 18.9 Å². The number of carbonyl (C=O) groups is 1. The van der Waals surface area contributed by atoms with Gasteiger partial charge >= 0.3 is 0 Å². The van der Waals surface area contributed by atoms with E-state index >= 15 is 0 Å². The standard InChI is InChI=1S/C15H23N3O2/c1-12-11-17(2)8-9-18(12)15(19)7-10-20-14-6-4-3-5-13(14)16/h3-6,12H,7-11,16H2,1-2H3. The lowest BCUT2D eigenvalue weighted by atomic mass is 10.2. The summed E-state index contributed by atoms with van der Waals surface area (Å²) in [5.74, 6) is 0.798. The number of carbonyl (C=O) groups excluding carboxylic acids is 1. The van der Waals surface area contributed by atoms with Crippen LogP contribution >= 0.6 is 0 Å². The lowest BCUT2D eigenvalue weighted by Gasteiger charge is -2.38. The zero-order valence-electron chi connectivity index (χ0n) is 12.2. The van der Waals surface area contributed by atoms with Crippen molar-refractivity contribution in [1.82, 2.24) is 9.80 Å². The second-order valence-corrected chi connectivity index (χ2v) is 5.33. The molecule has 2 N–H and O–H groups in total. The molecule has 5 nitrogen and oxygen atoms in total. The number of piperazine rings is 1. The topological polar surface area (TPSA) is 58.8 Å². The van der Waals surface area contributed by atoms with Gasteiger partial charge in [0.15, 0.2) is 0 Å². The predicted octanol–water partition coefficient (Wildman–Crippen LogP) is 1.20. The Hall–Kier alpha value is -1.75. The number of ether oxygens (including phenoxy) is 1. The number of hydrogen-bond donors (Lipinski definition) is 1. The van der Waals surface area contributed by atoms with E-state index in [9.17, 15) is 4.79 Å². The summed E-state index contributed by atoms with van der Waals surface area (Å²) in [6.45, 7) is 5.11. The Kier molecular flexibility index (Phi) is 4.84. The molecular weight excluding hydrogens is 254 g/mol. The van der Waals surface area contributed by atoms with Gasteiger partial charge in [-0.25, -0.2) is 0 Å². The number of hydrogen-bond acceptors (Lipinski definition) is 4. The quantitative estimate of drug-likeness (QED) is 0.840. The van der Waals surface area contributed by atoms with Crippen LogP contribution in [0.4, 0.5) is 5.69 Å². The fourth-order valence-corrected chi connectivity index (χ4v) is 2.51. The lowest BCUT2D eigenvalue weighted by molar-refractivity contribution is -0.135. The number of likely N-dealkylation sites (N-methyl/N-ethyl adjacent to an activating group) is 1. The molecule has 1 saturated heterocycles.